The molecule has 0 radical (unpaired) electrons. The molecule has 1 aromatic rings. The average Bonchev–Trinajstić information content (AvgIpc) is 2.66. The number of carbonyl (C=O) groups excluding carboxylic acids is 1. The van der Waals surface area contributed by atoms with Gasteiger partial charge in [0.2, 0.25) is 0 Å². The molecule has 1 aliphatic heterocycles. The van der Waals surface area contributed by atoms with Crippen LogP contribution in [0.1, 0.15) is 10.4 Å². The largest absolute Gasteiger partial charge is 0.456 e. The van der Waals surface area contributed by atoms with Crippen LogP contribution in [-0.4, -0.2) is 29.6 Å². The summed E-state index contributed by atoms with van der Waals surface area (Å²) in [6, 6.07) is 8.97. The molecule has 1 heterocycles. The Morgan fingerprint density at radius 1 is 1.33 bits per heavy atom. The Balaban J connectivity index is 1.98. The Hall–Kier alpha value is -1.00. The first-order chi connectivity index (χ1) is 7.27. The van der Waals surface area contributed by atoms with E-state index in [4.69, 9.17) is 10.5 Å². The highest BCUT2D eigenvalue weighted by Gasteiger charge is 2.28. The number of hydrogen-bond acceptors (Lipinski definition) is 4. The molecule has 0 unspecified atom stereocenters. The molecule has 1 saturated heterocycles. The summed E-state index contributed by atoms with van der Waals surface area (Å²) < 4.78 is 5.32. The van der Waals surface area contributed by atoms with E-state index >= 15 is 0 Å². The van der Waals surface area contributed by atoms with Gasteiger partial charge in [-0.3, -0.25) is 0 Å². The molecular formula is C11H13NO2S. The van der Waals surface area contributed by atoms with E-state index in [0.29, 0.717) is 5.56 Å². The zero-order chi connectivity index (χ0) is 10.7. The van der Waals surface area contributed by atoms with E-state index in [2.05, 4.69) is 0 Å². The van der Waals surface area contributed by atoms with Crippen molar-refractivity contribution >= 4 is 17.7 Å². The van der Waals surface area contributed by atoms with Crippen LogP contribution in [0.4, 0.5) is 0 Å². The molecule has 0 bridgehead atoms. The summed E-state index contributed by atoms with van der Waals surface area (Å²) in [6.07, 6.45) is -0.136. The first-order valence-corrected chi connectivity index (χ1v) is 6.02. The Bertz CT molecular complexity index is 342. The van der Waals surface area contributed by atoms with Crippen LogP contribution in [0.25, 0.3) is 0 Å². The van der Waals surface area contributed by atoms with Crippen molar-refractivity contribution in [1.82, 2.24) is 0 Å². The predicted molar refractivity (Wildman–Crippen MR) is 60.9 cm³/mol. The molecule has 0 saturated carbocycles. The third-order valence-electron chi connectivity index (χ3n) is 2.34. The lowest BCUT2D eigenvalue weighted by molar-refractivity contribution is 0.0325. The third-order valence-corrected chi connectivity index (χ3v) is 3.52. The van der Waals surface area contributed by atoms with Gasteiger partial charge >= 0.3 is 5.97 Å². The molecule has 4 heteroatoms. The van der Waals surface area contributed by atoms with Crippen LogP contribution < -0.4 is 5.73 Å². The van der Waals surface area contributed by atoms with Crippen molar-refractivity contribution < 1.29 is 9.53 Å². The fraction of sp³-hybridized carbons (Fsp3) is 0.364. The molecule has 2 N–H and O–H groups in total. The van der Waals surface area contributed by atoms with Gasteiger partial charge in [0.25, 0.3) is 0 Å². The van der Waals surface area contributed by atoms with Gasteiger partial charge in [-0.2, -0.15) is 11.8 Å². The van der Waals surface area contributed by atoms with Crippen molar-refractivity contribution in [2.24, 2.45) is 5.73 Å². The quantitative estimate of drug-likeness (QED) is 0.767. The van der Waals surface area contributed by atoms with Gasteiger partial charge < -0.3 is 10.5 Å². The molecule has 0 spiro atoms. The average molecular weight is 223 g/mol. The zero-order valence-corrected chi connectivity index (χ0v) is 9.07. The third kappa shape index (κ3) is 2.52. The molecule has 15 heavy (non-hydrogen) atoms. The minimum Gasteiger partial charge on any atom is -0.456 e. The van der Waals surface area contributed by atoms with Crippen LogP contribution >= 0.6 is 11.8 Å². The fourth-order valence-electron chi connectivity index (χ4n) is 1.45. The molecule has 0 amide bonds. The van der Waals surface area contributed by atoms with Crippen LogP contribution in [0.3, 0.4) is 0 Å². The number of carbonyl (C=O) groups is 1. The van der Waals surface area contributed by atoms with Crippen LogP contribution in [0.2, 0.25) is 0 Å². The van der Waals surface area contributed by atoms with E-state index in [9.17, 15) is 4.79 Å². The van der Waals surface area contributed by atoms with Crippen LogP contribution in [0, 0.1) is 0 Å². The summed E-state index contributed by atoms with van der Waals surface area (Å²) >= 11 is 1.73. The topological polar surface area (TPSA) is 52.3 Å². The van der Waals surface area contributed by atoms with E-state index in [0.717, 1.165) is 11.5 Å². The minimum absolute atomic E-state index is 0.0253. The maximum Gasteiger partial charge on any atom is 0.338 e. The monoisotopic (exact) mass is 223 g/mol. The smallest absolute Gasteiger partial charge is 0.338 e. The lowest BCUT2D eigenvalue weighted by Crippen LogP contribution is -2.36. The van der Waals surface area contributed by atoms with E-state index < -0.39 is 0 Å². The second-order valence-corrected chi connectivity index (χ2v) is 4.59. The molecule has 1 fully saturated rings. The standard InChI is InChI=1S/C11H13NO2S/c12-9-6-15-7-10(9)14-11(13)8-4-2-1-3-5-8/h1-5,9-10H,6-7,12H2/t9-,10+/m1/s1. The number of thioether (sulfide) groups is 1. The maximum absolute atomic E-state index is 11.7. The van der Waals surface area contributed by atoms with Crippen LogP contribution in [-0.2, 0) is 4.74 Å². The molecule has 2 atom stereocenters. The first-order valence-electron chi connectivity index (χ1n) is 4.87. The van der Waals surface area contributed by atoms with Crippen molar-refractivity contribution in [3.8, 4) is 0 Å². The summed E-state index contributed by atoms with van der Waals surface area (Å²) in [6.45, 7) is 0. The Morgan fingerprint density at radius 3 is 2.67 bits per heavy atom. The SMILES string of the molecule is N[C@@H]1CSC[C@@H]1OC(=O)c1ccccc1. The van der Waals surface area contributed by atoms with Crippen molar-refractivity contribution in [3.63, 3.8) is 0 Å². The summed E-state index contributed by atoms with van der Waals surface area (Å²) in [5.74, 6) is 1.39. The first kappa shape index (κ1) is 10.5. The second-order valence-electron chi connectivity index (χ2n) is 3.51. The number of ether oxygens (including phenoxy) is 1. The summed E-state index contributed by atoms with van der Waals surface area (Å²) in [5, 5.41) is 0. The molecule has 80 valence electrons. The lowest BCUT2D eigenvalue weighted by Gasteiger charge is -2.15. The molecule has 1 aromatic carbocycles. The highest BCUT2D eigenvalue weighted by molar-refractivity contribution is 7.99. The van der Waals surface area contributed by atoms with Crippen molar-refractivity contribution in [3.05, 3.63) is 35.9 Å². The Kier molecular flexibility index (Phi) is 3.28. The molecule has 0 aromatic heterocycles. The van der Waals surface area contributed by atoms with Crippen LogP contribution in [0.5, 0.6) is 0 Å². The maximum atomic E-state index is 11.7. The van der Waals surface area contributed by atoms with Crippen molar-refractivity contribution in [2.75, 3.05) is 11.5 Å². The normalized spacial score (nSPS) is 25.1. The fourth-order valence-corrected chi connectivity index (χ4v) is 2.62. The second kappa shape index (κ2) is 4.68. The summed E-state index contributed by atoms with van der Waals surface area (Å²) in [4.78, 5) is 11.7. The predicted octanol–water partition coefficient (Wildman–Crippen LogP) is 1.29. The molecule has 0 aliphatic carbocycles. The minimum atomic E-state index is -0.279. The number of benzene rings is 1. The van der Waals surface area contributed by atoms with Gasteiger partial charge in [0, 0.05) is 11.5 Å². The molecule has 1 aliphatic rings. The van der Waals surface area contributed by atoms with Gasteiger partial charge in [-0.15, -0.1) is 0 Å². The highest BCUT2D eigenvalue weighted by atomic mass is 32.2. The summed E-state index contributed by atoms with van der Waals surface area (Å²) in [5.41, 5.74) is 6.39. The molecular weight excluding hydrogens is 210 g/mol. The summed E-state index contributed by atoms with van der Waals surface area (Å²) in [7, 11) is 0. The number of esters is 1. The van der Waals surface area contributed by atoms with Crippen molar-refractivity contribution in [2.45, 2.75) is 12.1 Å². The number of nitrogens with two attached hydrogens (primary N) is 1. The van der Waals surface area contributed by atoms with E-state index in [1.165, 1.54) is 0 Å². The van der Waals surface area contributed by atoms with Gasteiger partial charge in [-0.25, -0.2) is 4.79 Å². The molecule has 2 rings (SSSR count). The van der Waals surface area contributed by atoms with Gasteiger partial charge in [-0.1, -0.05) is 18.2 Å². The van der Waals surface area contributed by atoms with Gasteiger partial charge in [0.15, 0.2) is 0 Å². The zero-order valence-electron chi connectivity index (χ0n) is 8.26. The lowest BCUT2D eigenvalue weighted by atomic mass is 10.2. The molecule has 3 nitrogen and oxygen atoms in total. The van der Waals surface area contributed by atoms with E-state index in [-0.39, 0.29) is 18.1 Å². The Labute approximate surface area is 93.0 Å². The number of rotatable bonds is 2. The van der Waals surface area contributed by atoms with Gasteiger partial charge in [-0.05, 0) is 12.1 Å². The van der Waals surface area contributed by atoms with Gasteiger partial charge in [0.05, 0.1) is 11.6 Å². The highest BCUT2D eigenvalue weighted by Crippen LogP contribution is 2.20. The Morgan fingerprint density at radius 2 is 2.07 bits per heavy atom. The van der Waals surface area contributed by atoms with Crippen molar-refractivity contribution in [1.29, 1.82) is 0 Å². The van der Waals surface area contributed by atoms with E-state index in [1.54, 1.807) is 23.9 Å². The van der Waals surface area contributed by atoms with Crippen LogP contribution in [0.15, 0.2) is 30.3 Å². The number of hydrogen-bond donors (Lipinski definition) is 1. The van der Waals surface area contributed by atoms with Gasteiger partial charge in [0.1, 0.15) is 6.10 Å². The van der Waals surface area contributed by atoms with E-state index in [1.807, 2.05) is 18.2 Å².